The van der Waals surface area contributed by atoms with Gasteiger partial charge in [-0.3, -0.25) is 14.5 Å². The molecule has 1 aliphatic heterocycles. The topological polar surface area (TPSA) is 46.6 Å². The number of benzene rings is 2. The number of carbonyl (C=O) groups is 2. The molecule has 1 saturated heterocycles. The van der Waals surface area contributed by atoms with Crippen LogP contribution in [0, 0.1) is 3.57 Å². The van der Waals surface area contributed by atoms with Crippen molar-refractivity contribution in [3.8, 4) is 5.75 Å². The van der Waals surface area contributed by atoms with E-state index in [0.29, 0.717) is 11.5 Å². The summed E-state index contributed by atoms with van der Waals surface area (Å²) in [5.41, 5.74) is 1.97. The minimum Gasteiger partial charge on any atom is -0.488 e. The number of hydrogen-bond donors (Lipinski definition) is 0. The number of thioether (sulfide) groups is 1. The number of halogens is 1. The average Bonchev–Trinajstić information content (AvgIpc) is 2.82. The summed E-state index contributed by atoms with van der Waals surface area (Å²) in [7, 11) is 1.49. The van der Waals surface area contributed by atoms with Gasteiger partial charge >= 0.3 is 0 Å². The summed E-state index contributed by atoms with van der Waals surface area (Å²) in [6.45, 7) is 0.505. The van der Waals surface area contributed by atoms with Crippen molar-refractivity contribution in [3.63, 3.8) is 0 Å². The van der Waals surface area contributed by atoms with E-state index in [-0.39, 0.29) is 11.1 Å². The molecule has 122 valence electrons. The van der Waals surface area contributed by atoms with Crippen molar-refractivity contribution in [3.05, 3.63) is 68.1 Å². The summed E-state index contributed by atoms with van der Waals surface area (Å²) in [6, 6.07) is 15.7. The molecule has 0 aliphatic carbocycles. The van der Waals surface area contributed by atoms with Crippen LogP contribution in [0.4, 0.5) is 4.79 Å². The highest BCUT2D eigenvalue weighted by Gasteiger charge is 2.31. The molecule has 1 aliphatic rings. The molecule has 2 aromatic carbocycles. The van der Waals surface area contributed by atoms with Gasteiger partial charge in [0.1, 0.15) is 12.4 Å². The van der Waals surface area contributed by atoms with Gasteiger partial charge in [0.05, 0.1) is 8.48 Å². The maximum Gasteiger partial charge on any atom is 0.293 e. The Labute approximate surface area is 158 Å². The molecule has 0 atom stereocenters. The maximum absolute atomic E-state index is 11.9. The molecule has 0 radical (unpaired) electrons. The van der Waals surface area contributed by atoms with Crippen LogP contribution < -0.4 is 4.74 Å². The van der Waals surface area contributed by atoms with Gasteiger partial charge in [-0.15, -0.1) is 0 Å². The molecule has 0 unspecified atom stereocenters. The Morgan fingerprint density at radius 1 is 1.17 bits per heavy atom. The molecule has 0 bridgehead atoms. The molecule has 0 spiro atoms. The lowest BCUT2D eigenvalue weighted by atomic mass is 10.2. The van der Waals surface area contributed by atoms with Gasteiger partial charge in [-0.05, 0) is 63.7 Å². The number of rotatable bonds is 4. The Kier molecular flexibility index (Phi) is 5.25. The van der Waals surface area contributed by atoms with Crippen molar-refractivity contribution >= 4 is 51.6 Å². The molecule has 24 heavy (non-hydrogen) atoms. The van der Waals surface area contributed by atoms with Crippen LogP contribution in [-0.2, 0) is 11.4 Å². The second-order valence-electron chi connectivity index (χ2n) is 5.20. The first-order valence-electron chi connectivity index (χ1n) is 7.22. The number of carbonyl (C=O) groups excluding carboxylic acids is 2. The van der Waals surface area contributed by atoms with E-state index < -0.39 is 0 Å². The second-order valence-corrected chi connectivity index (χ2v) is 7.36. The van der Waals surface area contributed by atoms with Crippen LogP contribution >= 0.6 is 34.4 Å². The zero-order valence-corrected chi connectivity index (χ0v) is 15.8. The first-order chi connectivity index (χ1) is 11.5. The number of likely N-dealkylation sites (N-methyl/N-ethyl adjacent to an activating group) is 1. The molecule has 1 heterocycles. The van der Waals surface area contributed by atoms with Gasteiger partial charge in [-0.2, -0.15) is 0 Å². The van der Waals surface area contributed by atoms with E-state index in [4.69, 9.17) is 4.74 Å². The molecule has 4 nitrogen and oxygen atoms in total. The fourth-order valence-electron chi connectivity index (χ4n) is 2.16. The fourth-order valence-corrected chi connectivity index (χ4v) is 3.68. The highest BCUT2D eigenvalue weighted by Crippen LogP contribution is 2.32. The largest absolute Gasteiger partial charge is 0.488 e. The lowest BCUT2D eigenvalue weighted by Gasteiger charge is -2.09. The molecule has 3 rings (SSSR count). The van der Waals surface area contributed by atoms with E-state index in [1.807, 2.05) is 48.5 Å². The molecule has 1 fully saturated rings. The second kappa shape index (κ2) is 7.40. The molecule has 0 saturated carbocycles. The van der Waals surface area contributed by atoms with Crippen LogP contribution in [-0.4, -0.2) is 23.1 Å². The van der Waals surface area contributed by atoms with Gasteiger partial charge in [0, 0.05) is 7.05 Å². The smallest absolute Gasteiger partial charge is 0.293 e. The number of imide groups is 1. The minimum atomic E-state index is -0.260. The Morgan fingerprint density at radius 3 is 2.54 bits per heavy atom. The van der Waals surface area contributed by atoms with Crippen LogP contribution in [0.25, 0.3) is 6.08 Å². The van der Waals surface area contributed by atoms with E-state index in [1.165, 1.54) is 7.05 Å². The van der Waals surface area contributed by atoms with Gasteiger partial charge < -0.3 is 4.74 Å². The number of amides is 2. The van der Waals surface area contributed by atoms with Crippen molar-refractivity contribution in [2.24, 2.45) is 0 Å². The Morgan fingerprint density at radius 2 is 1.92 bits per heavy atom. The summed E-state index contributed by atoms with van der Waals surface area (Å²) in [5.74, 6) is 0.532. The third kappa shape index (κ3) is 3.81. The van der Waals surface area contributed by atoms with Crippen molar-refractivity contribution in [1.29, 1.82) is 0 Å². The van der Waals surface area contributed by atoms with Crippen molar-refractivity contribution in [2.45, 2.75) is 6.61 Å². The summed E-state index contributed by atoms with van der Waals surface area (Å²) in [5, 5.41) is -0.247. The van der Waals surface area contributed by atoms with Gasteiger partial charge in [-0.1, -0.05) is 36.4 Å². The van der Waals surface area contributed by atoms with E-state index >= 15 is 0 Å². The normalized spacial score (nSPS) is 16.1. The van der Waals surface area contributed by atoms with Crippen LogP contribution in [0.5, 0.6) is 5.75 Å². The standard InChI is InChI=1S/C18H14INO3S/c1-20-17(21)16(24-18(20)22)10-13-7-8-15(14(19)9-13)23-11-12-5-3-2-4-6-12/h2-10H,11H2,1H3/b16-10-. The quantitative estimate of drug-likeness (QED) is 0.506. The number of hydrogen-bond acceptors (Lipinski definition) is 4. The lowest BCUT2D eigenvalue weighted by molar-refractivity contribution is -0.121. The van der Waals surface area contributed by atoms with E-state index in [9.17, 15) is 9.59 Å². The van der Waals surface area contributed by atoms with E-state index in [2.05, 4.69) is 22.6 Å². The van der Waals surface area contributed by atoms with Crippen LogP contribution in [0.1, 0.15) is 11.1 Å². The van der Waals surface area contributed by atoms with E-state index in [0.717, 1.165) is 37.1 Å². The van der Waals surface area contributed by atoms with Crippen LogP contribution in [0.3, 0.4) is 0 Å². The molecule has 0 aromatic heterocycles. The summed E-state index contributed by atoms with van der Waals surface area (Å²) < 4.78 is 6.79. The zero-order chi connectivity index (χ0) is 17.1. The minimum absolute atomic E-state index is 0.247. The summed E-state index contributed by atoms with van der Waals surface area (Å²) >= 11 is 3.16. The molecule has 6 heteroatoms. The highest BCUT2D eigenvalue weighted by atomic mass is 127. The van der Waals surface area contributed by atoms with Crippen molar-refractivity contribution in [1.82, 2.24) is 4.90 Å². The molecular weight excluding hydrogens is 437 g/mol. The monoisotopic (exact) mass is 451 g/mol. The lowest BCUT2D eigenvalue weighted by Crippen LogP contribution is -2.22. The average molecular weight is 451 g/mol. The number of ether oxygens (including phenoxy) is 1. The van der Waals surface area contributed by atoms with Gasteiger partial charge in [0.2, 0.25) is 0 Å². The Bertz CT molecular complexity index is 820. The number of nitrogens with zero attached hydrogens (tertiary/aromatic N) is 1. The SMILES string of the molecule is CN1C(=O)S/C(=C\c2ccc(OCc3ccccc3)c(I)c2)C1=O. The molecule has 2 amide bonds. The Hall–Kier alpha value is -1.80. The zero-order valence-electron chi connectivity index (χ0n) is 12.9. The van der Waals surface area contributed by atoms with Gasteiger partial charge in [0.15, 0.2) is 0 Å². The third-order valence-electron chi connectivity index (χ3n) is 3.48. The van der Waals surface area contributed by atoms with Gasteiger partial charge in [0.25, 0.3) is 11.1 Å². The van der Waals surface area contributed by atoms with Crippen molar-refractivity contribution < 1.29 is 14.3 Å². The molecule has 0 N–H and O–H groups in total. The molecular formula is C18H14INO3S. The van der Waals surface area contributed by atoms with Gasteiger partial charge in [-0.25, -0.2) is 0 Å². The summed E-state index contributed by atoms with van der Waals surface area (Å²) in [6.07, 6.45) is 1.73. The molecule has 2 aromatic rings. The third-order valence-corrected chi connectivity index (χ3v) is 5.28. The fraction of sp³-hybridized carbons (Fsp3) is 0.111. The van der Waals surface area contributed by atoms with E-state index in [1.54, 1.807) is 6.08 Å². The summed E-state index contributed by atoms with van der Waals surface area (Å²) in [4.78, 5) is 25.0. The van der Waals surface area contributed by atoms with Crippen LogP contribution in [0.15, 0.2) is 53.4 Å². The van der Waals surface area contributed by atoms with Crippen molar-refractivity contribution in [2.75, 3.05) is 7.05 Å². The Balaban J connectivity index is 1.73. The first kappa shape index (κ1) is 17.0. The predicted molar refractivity (Wildman–Crippen MR) is 104 cm³/mol. The highest BCUT2D eigenvalue weighted by molar-refractivity contribution is 14.1. The first-order valence-corrected chi connectivity index (χ1v) is 9.12. The predicted octanol–water partition coefficient (Wildman–Crippen LogP) is 4.54. The maximum atomic E-state index is 11.9. The van der Waals surface area contributed by atoms with Crippen LogP contribution in [0.2, 0.25) is 0 Å².